The second kappa shape index (κ2) is 6.33. The van der Waals surface area contributed by atoms with E-state index >= 15 is 0 Å². The van der Waals surface area contributed by atoms with E-state index in [2.05, 4.69) is 0 Å². The molecule has 0 heterocycles. The van der Waals surface area contributed by atoms with Gasteiger partial charge in [0, 0.05) is 6.61 Å². The summed E-state index contributed by atoms with van der Waals surface area (Å²) < 4.78 is 41.4. The maximum absolute atomic E-state index is 11.8. The fourth-order valence-corrected chi connectivity index (χ4v) is 0.840. The van der Waals surface area contributed by atoms with Crippen molar-refractivity contribution in [3.05, 3.63) is 0 Å². The van der Waals surface area contributed by atoms with Crippen LogP contribution in [0.5, 0.6) is 0 Å². The average molecular weight is 200 g/mol. The lowest BCUT2D eigenvalue weighted by atomic mass is 10.7. The van der Waals surface area contributed by atoms with E-state index in [1.54, 1.807) is 0 Å². The van der Waals surface area contributed by atoms with Gasteiger partial charge in [0.25, 0.3) is 0 Å². The number of hydrogen-bond donors (Lipinski definition) is 0. The highest BCUT2D eigenvalue weighted by Crippen LogP contribution is 1.90. The lowest BCUT2D eigenvalue weighted by molar-refractivity contribution is 0.0589. The lowest BCUT2D eigenvalue weighted by Crippen LogP contribution is -2.10. The van der Waals surface area contributed by atoms with Crippen LogP contribution in [0, 0.1) is 0 Å². The molecule has 0 rings (SSSR count). The van der Waals surface area contributed by atoms with E-state index in [9.17, 15) is 12.3 Å². The predicted molar refractivity (Wildman–Crippen MR) is 42.2 cm³/mol. The Morgan fingerprint density at radius 3 is 2.25 bits per heavy atom. The Bertz CT molecular complexity index is 190. The van der Waals surface area contributed by atoms with Crippen molar-refractivity contribution >= 4 is 10.2 Å². The van der Waals surface area contributed by atoms with E-state index in [1.165, 1.54) is 0 Å². The van der Waals surface area contributed by atoms with Crippen molar-refractivity contribution in [3.63, 3.8) is 0 Å². The summed E-state index contributed by atoms with van der Waals surface area (Å²) in [5, 5.41) is 0. The van der Waals surface area contributed by atoms with Crippen LogP contribution in [0.4, 0.5) is 3.89 Å². The highest BCUT2D eigenvalue weighted by atomic mass is 32.3. The van der Waals surface area contributed by atoms with Crippen molar-refractivity contribution in [2.75, 3.05) is 32.2 Å². The molecule has 74 valence electrons. The van der Waals surface area contributed by atoms with Crippen molar-refractivity contribution in [1.82, 2.24) is 0 Å². The minimum Gasteiger partial charge on any atom is -0.379 e. The average Bonchev–Trinajstić information content (AvgIpc) is 1.94. The molecule has 0 fully saturated rings. The van der Waals surface area contributed by atoms with Crippen LogP contribution in [-0.2, 0) is 19.7 Å². The lowest BCUT2D eigenvalue weighted by Gasteiger charge is -2.01. The minimum absolute atomic E-state index is 0.119. The molecule has 0 amide bonds. The van der Waals surface area contributed by atoms with Gasteiger partial charge in [-0.2, -0.15) is 8.42 Å². The van der Waals surface area contributed by atoms with Crippen LogP contribution >= 0.6 is 0 Å². The van der Waals surface area contributed by atoms with Gasteiger partial charge in [0.05, 0.1) is 19.8 Å². The molecule has 0 aliphatic rings. The molecule has 0 aromatic heterocycles. The quantitative estimate of drug-likeness (QED) is 0.439. The van der Waals surface area contributed by atoms with Crippen molar-refractivity contribution in [3.8, 4) is 0 Å². The maximum Gasteiger partial charge on any atom is 0.304 e. The van der Waals surface area contributed by atoms with Crippen LogP contribution in [-0.4, -0.2) is 40.6 Å². The summed E-state index contributed by atoms with van der Waals surface area (Å²) in [7, 11) is -4.38. The van der Waals surface area contributed by atoms with Crippen molar-refractivity contribution in [1.29, 1.82) is 0 Å². The largest absolute Gasteiger partial charge is 0.379 e. The molecule has 0 aromatic rings. The molecule has 4 nitrogen and oxygen atoms in total. The van der Waals surface area contributed by atoms with Gasteiger partial charge < -0.3 is 9.47 Å². The van der Waals surface area contributed by atoms with E-state index in [4.69, 9.17) is 9.47 Å². The standard InChI is InChI=1S/C6H13FO4S/c1-2-10-3-4-11-5-6-12(7,8)9/h2-6H2,1H3. The van der Waals surface area contributed by atoms with E-state index in [0.29, 0.717) is 19.8 Å². The van der Waals surface area contributed by atoms with Crippen molar-refractivity contribution in [2.45, 2.75) is 6.92 Å². The third-order valence-electron chi connectivity index (χ3n) is 1.05. The molecule has 0 saturated carbocycles. The zero-order valence-electron chi connectivity index (χ0n) is 6.95. The van der Waals surface area contributed by atoms with Crippen molar-refractivity contribution < 1.29 is 21.8 Å². The number of hydrogen-bond acceptors (Lipinski definition) is 4. The van der Waals surface area contributed by atoms with Gasteiger partial charge in [-0.3, -0.25) is 0 Å². The summed E-state index contributed by atoms with van der Waals surface area (Å²) in [6.07, 6.45) is 0. The molecular formula is C6H13FO4S. The van der Waals surface area contributed by atoms with Crippen LogP contribution in [0.1, 0.15) is 6.92 Å². The number of ether oxygens (including phenoxy) is 2. The molecule has 0 bridgehead atoms. The highest BCUT2D eigenvalue weighted by Gasteiger charge is 2.05. The van der Waals surface area contributed by atoms with E-state index in [-0.39, 0.29) is 6.61 Å². The monoisotopic (exact) mass is 200 g/mol. The summed E-state index contributed by atoms with van der Waals surface area (Å²) in [4.78, 5) is 0. The molecular weight excluding hydrogens is 187 g/mol. The second-order valence-electron chi connectivity index (χ2n) is 2.05. The molecule has 0 radical (unpaired) electrons. The molecule has 0 unspecified atom stereocenters. The van der Waals surface area contributed by atoms with Gasteiger partial charge in [-0.05, 0) is 6.92 Å². The first-order chi connectivity index (χ1) is 5.56. The zero-order valence-corrected chi connectivity index (χ0v) is 7.77. The Labute approximate surface area is 71.9 Å². The predicted octanol–water partition coefficient (Wildman–Crippen LogP) is 0.339. The Kier molecular flexibility index (Phi) is 6.23. The summed E-state index contributed by atoms with van der Waals surface area (Å²) in [6.45, 7) is 3.01. The van der Waals surface area contributed by atoms with Gasteiger partial charge >= 0.3 is 10.2 Å². The Balaban J connectivity index is 3.12. The normalized spacial score (nSPS) is 11.8. The molecule has 0 aliphatic heterocycles. The number of halogens is 1. The molecule has 6 heteroatoms. The fraction of sp³-hybridized carbons (Fsp3) is 1.00. The SMILES string of the molecule is CCOCCOCCS(=O)(=O)F. The molecule has 0 aromatic carbocycles. The van der Waals surface area contributed by atoms with Crippen molar-refractivity contribution in [2.24, 2.45) is 0 Å². The molecule has 0 aliphatic carbocycles. The number of rotatable bonds is 7. The molecule has 0 saturated heterocycles. The van der Waals surface area contributed by atoms with E-state index < -0.39 is 16.0 Å². The molecule has 12 heavy (non-hydrogen) atoms. The zero-order chi connectivity index (χ0) is 9.45. The summed E-state index contributed by atoms with van der Waals surface area (Å²) in [5.41, 5.74) is 0. The highest BCUT2D eigenvalue weighted by molar-refractivity contribution is 7.86. The van der Waals surface area contributed by atoms with Crippen LogP contribution in [0.2, 0.25) is 0 Å². The smallest absolute Gasteiger partial charge is 0.304 e. The fourth-order valence-electron chi connectivity index (χ4n) is 0.523. The minimum atomic E-state index is -4.38. The van der Waals surface area contributed by atoms with Gasteiger partial charge in [0.2, 0.25) is 0 Å². The first kappa shape index (κ1) is 11.8. The maximum atomic E-state index is 11.8. The third-order valence-corrected chi connectivity index (χ3v) is 1.70. The summed E-state index contributed by atoms with van der Waals surface area (Å²) >= 11 is 0. The third kappa shape index (κ3) is 9.80. The molecule has 0 atom stereocenters. The Morgan fingerprint density at radius 1 is 1.17 bits per heavy atom. The van der Waals surface area contributed by atoms with Gasteiger partial charge in [0.15, 0.2) is 0 Å². The summed E-state index contributed by atoms with van der Waals surface area (Å²) in [5.74, 6) is -0.584. The van der Waals surface area contributed by atoms with Gasteiger partial charge in [0.1, 0.15) is 5.75 Å². The van der Waals surface area contributed by atoms with Crippen LogP contribution in [0.15, 0.2) is 0 Å². The van der Waals surface area contributed by atoms with Crippen LogP contribution < -0.4 is 0 Å². The topological polar surface area (TPSA) is 52.6 Å². The van der Waals surface area contributed by atoms with Gasteiger partial charge in [-0.25, -0.2) is 0 Å². The molecule has 0 N–H and O–H groups in total. The van der Waals surface area contributed by atoms with Gasteiger partial charge in [-0.15, -0.1) is 3.89 Å². The van der Waals surface area contributed by atoms with Crippen LogP contribution in [0.25, 0.3) is 0 Å². The Morgan fingerprint density at radius 2 is 1.75 bits per heavy atom. The van der Waals surface area contributed by atoms with Crippen LogP contribution in [0.3, 0.4) is 0 Å². The first-order valence-corrected chi connectivity index (χ1v) is 5.19. The van der Waals surface area contributed by atoms with E-state index in [1.807, 2.05) is 6.92 Å². The first-order valence-electron chi connectivity index (χ1n) is 3.64. The van der Waals surface area contributed by atoms with E-state index in [0.717, 1.165) is 0 Å². The summed E-state index contributed by atoms with van der Waals surface area (Å²) in [6, 6.07) is 0. The molecule has 0 spiro atoms. The van der Waals surface area contributed by atoms with Gasteiger partial charge in [-0.1, -0.05) is 0 Å². The Hall–Kier alpha value is -0.200. The second-order valence-corrected chi connectivity index (χ2v) is 3.54.